The second-order valence-electron chi connectivity index (χ2n) is 7.86. The summed E-state index contributed by atoms with van der Waals surface area (Å²) in [6, 6.07) is 5.88. The van der Waals surface area contributed by atoms with Gasteiger partial charge in [-0.15, -0.1) is 0 Å². The number of ether oxygens (including phenoxy) is 2. The van der Waals surface area contributed by atoms with Gasteiger partial charge in [0.25, 0.3) is 0 Å². The van der Waals surface area contributed by atoms with Gasteiger partial charge >= 0.3 is 11.9 Å². The van der Waals surface area contributed by atoms with Crippen LogP contribution in [-0.2, 0) is 25.1 Å². The zero-order valence-corrected chi connectivity index (χ0v) is 18.7. The number of carboxylic acids is 1. The highest BCUT2D eigenvalue weighted by atomic mass is 32.2. The van der Waals surface area contributed by atoms with Crippen LogP contribution in [0.5, 0.6) is 5.75 Å². The molecular weight excluding hydrogens is 424 g/mol. The Hall–Kier alpha value is -3.01. The SMILES string of the molecule is Cc1nc(CS(=O)(=O)c2ccc(OCCCC(=O)OC(C)(C)C)cc2)ncc1C(=O)O. The minimum Gasteiger partial charge on any atom is -0.494 e. The number of aromatic carboxylic acids is 1. The maximum absolute atomic E-state index is 12.6. The molecule has 0 aliphatic heterocycles. The van der Waals surface area contributed by atoms with Crippen molar-refractivity contribution in [1.82, 2.24) is 9.97 Å². The number of rotatable bonds is 9. The van der Waals surface area contributed by atoms with E-state index in [1.54, 1.807) is 20.8 Å². The van der Waals surface area contributed by atoms with Gasteiger partial charge in [0, 0.05) is 12.6 Å². The molecular formula is C21H26N2O7S. The monoisotopic (exact) mass is 450 g/mol. The smallest absolute Gasteiger partial charge is 0.339 e. The summed E-state index contributed by atoms with van der Waals surface area (Å²) in [5.41, 5.74) is -0.404. The Kier molecular flexibility index (Phi) is 7.72. The lowest BCUT2D eigenvalue weighted by molar-refractivity contribution is -0.155. The Morgan fingerprint density at radius 1 is 1.13 bits per heavy atom. The standard InChI is InChI=1S/C21H26N2O7S/c1-14-17(20(25)26)12-22-18(23-14)13-31(27,28)16-9-7-15(8-10-16)29-11-5-6-19(24)30-21(2,3)4/h7-10,12H,5-6,11,13H2,1-4H3,(H,25,26). The van der Waals surface area contributed by atoms with Crippen LogP contribution in [0.1, 0.15) is 55.5 Å². The molecule has 9 nitrogen and oxygen atoms in total. The third-order valence-corrected chi connectivity index (χ3v) is 5.60. The van der Waals surface area contributed by atoms with Gasteiger partial charge in [0.2, 0.25) is 0 Å². The van der Waals surface area contributed by atoms with E-state index >= 15 is 0 Å². The molecule has 168 valence electrons. The minimum atomic E-state index is -3.72. The zero-order valence-electron chi connectivity index (χ0n) is 17.9. The molecule has 0 saturated carbocycles. The summed E-state index contributed by atoms with van der Waals surface area (Å²) in [5, 5.41) is 9.01. The van der Waals surface area contributed by atoms with E-state index in [4.69, 9.17) is 14.6 Å². The summed E-state index contributed by atoms with van der Waals surface area (Å²) in [5.74, 6) is -1.44. The second kappa shape index (κ2) is 9.86. The number of carbonyl (C=O) groups excluding carboxylic acids is 1. The van der Waals surface area contributed by atoms with Crippen molar-refractivity contribution in [3.05, 3.63) is 47.5 Å². The van der Waals surface area contributed by atoms with Crippen molar-refractivity contribution in [2.75, 3.05) is 6.61 Å². The van der Waals surface area contributed by atoms with E-state index < -0.39 is 27.2 Å². The van der Waals surface area contributed by atoms with Crippen LogP contribution in [-0.4, -0.2) is 47.6 Å². The van der Waals surface area contributed by atoms with Crippen LogP contribution in [0.4, 0.5) is 0 Å². The number of hydrogen-bond donors (Lipinski definition) is 1. The summed E-state index contributed by atoms with van der Waals surface area (Å²) < 4.78 is 36.0. The van der Waals surface area contributed by atoms with Crippen molar-refractivity contribution in [2.24, 2.45) is 0 Å². The van der Waals surface area contributed by atoms with E-state index in [2.05, 4.69) is 9.97 Å². The Labute approximate surface area is 181 Å². The number of sulfone groups is 1. The van der Waals surface area contributed by atoms with Crippen LogP contribution < -0.4 is 4.74 Å². The van der Waals surface area contributed by atoms with Gasteiger partial charge < -0.3 is 14.6 Å². The summed E-state index contributed by atoms with van der Waals surface area (Å²) >= 11 is 0. The molecule has 0 unspecified atom stereocenters. The van der Waals surface area contributed by atoms with Crippen LogP contribution >= 0.6 is 0 Å². The highest BCUT2D eigenvalue weighted by Crippen LogP contribution is 2.20. The average Bonchev–Trinajstić information content (AvgIpc) is 2.63. The number of aromatic nitrogens is 2. The first-order chi connectivity index (χ1) is 14.4. The van der Waals surface area contributed by atoms with Crippen LogP contribution in [0.15, 0.2) is 35.4 Å². The zero-order chi connectivity index (χ0) is 23.2. The number of aryl methyl sites for hydroxylation is 1. The van der Waals surface area contributed by atoms with Crippen molar-refractivity contribution in [2.45, 2.75) is 56.8 Å². The van der Waals surface area contributed by atoms with Crippen LogP contribution in [0.2, 0.25) is 0 Å². The second-order valence-corrected chi connectivity index (χ2v) is 9.85. The lowest BCUT2D eigenvalue weighted by Crippen LogP contribution is -2.23. The van der Waals surface area contributed by atoms with E-state index in [9.17, 15) is 18.0 Å². The van der Waals surface area contributed by atoms with Gasteiger partial charge in [0.15, 0.2) is 9.84 Å². The van der Waals surface area contributed by atoms with Crippen molar-refractivity contribution < 1.29 is 32.6 Å². The fraction of sp³-hybridized carbons (Fsp3) is 0.429. The maximum Gasteiger partial charge on any atom is 0.339 e. The lowest BCUT2D eigenvalue weighted by atomic mass is 10.2. The van der Waals surface area contributed by atoms with Crippen molar-refractivity contribution in [3.63, 3.8) is 0 Å². The topological polar surface area (TPSA) is 133 Å². The molecule has 1 aromatic heterocycles. The van der Waals surface area contributed by atoms with Crippen molar-refractivity contribution in [3.8, 4) is 5.75 Å². The Morgan fingerprint density at radius 3 is 2.32 bits per heavy atom. The van der Waals surface area contributed by atoms with Gasteiger partial charge in [-0.3, -0.25) is 4.79 Å². The largest absolute Gasteiger partial charge is 0.494 e. The Balaban J connectivity index is 1.92. The molecule has 10 heteroatoms. The number of benzene rings is 1. The van der Waals surface area contributed by atoms with Gasteiger partial charge in [0.1, 0.15) is 22.9 Å². The van der Waals surface area contributed by atoms with Gasteiger partial charge in [-0.25, -0.2) is 23.2 Å². The fourth-order valence-corrected chi connectivity index (χ4v) is 3.79. The van der Waals surface area contributed by atoms with Gasteiger partial charge in [-0.2, -0.15) is 0 Å². The minimum absolute atomic E-state index is 0.0185. The maximum atomic E-state index is 12.6. The molecule has 0 atom stereocenters. The molecule has 0 saturated heterocycles. The number of esters is 1. The van der Waals surface area contributed by atoms with Crippen molar-refractivity contribution in [1.29, 1.82) is 0 Å². The highest BCUT2D eigenvalue weighted by Gasteiger charge is 2.19. The lowest BCUT2D eigenvalue weighted by Gasteiger charge is -2.19. The molecule has 0 aliphatic rings. The first-order valence-electron chi connectivity index (χ1n) is 9.61. The van der Waals surface area contributed by atoms with Crippen LogP contribution in [0.3, 0.4) is 0 Å². The number of carbonyl (C=O) groups is 2. The molecule has 0 fully saturated rings. The predicted molar refractivity (Wildman–Crippen MR) is 112 cm³/mol. The molecule has 2 rings (SSSR count). The first-order valence-corrected chi connectivity index (χ1v) is 11.3. The Morgan fingerprint density at radius 2 is 1.77 bits per heavy atom. The number of nitrogens with zero attached hydrogens (tertiary/aromatic N) is 2. The molecule has 0 bridgehead atoms. The van der Waals surface area contributed by atoms with Crippen LogP contribution in [0.25, 0.3) is 0 Å². The molecule has 0 radical (unpaired) electrons. The third kappa shape index (κ3) is 7.63. The predicted octanol–water partition coefficient (Wildman–Crippen LogP) is 2.96. The molecule has 1 aromatic carbocycles. The number of carboxylic acid groups (broad SMARTS) is 1. The van der Waals surface area contributed by atoms with E-state index in [0.29, 0.717) is 12.2 Å². The summed E-state index contributed by atoms with van der Waals surface area (Å²) in [4.78, 5) is 30.6. The molecule has 31 heavy (non-hydrogen) atoms. The molecule has 0 aliphatic carbocycles. The van der Waals surface area contributed by atoms with E-state index in [1.165, 1.54) is 31.2 Å². The third-order valence-electron chi connectivity index (χ3n) is 3.98. The van der Waals surface area contributed by atoms with Crippen molar-refractivity contribution >= 4 is 21.8 Å². The fourth-order valence-electron chi connectivity index (χ4n) is 2.59. The summed E-state index contributed by atoms with van der Waals surface area (Å²) in [7, 11) is -3.72. The summed E-state index contributed by atoms with van der Waals surface area (Å²) in [6.45, 7) is 7.17. The molecule has 1 N–H and O–H groups in total. The highest BCUT2D eigenvalue weighted by molar-refractivity contribution is 7.90. The van der Waals surface area contributed by atoms with Crippen LogP contribution in [0, 0.1) is 6.92 Å². The first kappa shape index (κ1) is 24.3. The van der Waals surface area contributed by atoms with Gasteiger partial charge in [-0.05, 0) is 58.4 Å². The number of hydrogen-bond acceptors (Lipinski definition) is 8. The quantitative estimate of drug-likeness (QED) is 0.452. The van der Waals surface area contributed by atoms with E-state index in [-0.39, 0.29) is 41.0 Å². The van der Waals surface area contributed by atoms with Gasteiger partial charge in [0.05, 0.1) is 22.8 Å². The van der Waals surface area contributed by atoms with Gasteiger partial charge in [-0.1, -0.05) is 0 Å². The normalized spacial score (nSPS) is 11.7. The molecule has 2 aromatic rings. The summed E-state index contributed by atoms with van der Waals surface area (Å²) in [6.07, 6.45) is 1.80. The Bertz CT molecular complexity index is 1040. The van der Waals surface area contributed by atoms with E-state index in [0.717, 1.165) is 6.20 Å². The van der Waals surface area contributed by atoms with E-state index in [1.807, 2.05) is 0 Å². The molecule has 1 heterocycles. The molecule has 0 spiro atoms. The molecule has 0 amide bonds. The average molecular weight is 451 g/mol.